The van der Waals surface area contributed by atoms with Gasteiger partial charge in [0.1, 0.15) is 12.2 Å². The third kappa shape index (κ3) is 5.59. The number of nitrogens with one attached hydrogen (secondary N) is 1. The standard InChI is InChI=1S/C12H21F3N4/c1-4-5-16-10(7-12(13,14)15)6-11-17-8-18-19(11)9(2)3/h8-10,16H,4-7H2,1-3H3. The highest BCUT2D eigenvalue weighted by atomic mass is 19.4. The van der Waals surface area contributed by atoms with Crippen LogP contribution in [0, 0.1) is 0 Å². The Morgan fingerprint density at radius 2 is 2.05 bits per heavy atom. The SMILES string of the molecule is CCCNC(Cc1ncnn1C(C)C)CC(F)(F)F. The van der Waals surface area contributed by atoms with Crippen LogP contribution in [-0.2, 0) is 6.42 Å². The summed E-state index contributed by atoms with van der Waals surface area (Å²) in [6, 6.07) is -0.558. The molecule has 1 rings (SSSR count). The van der Waals surface area contributed by atoms with Gasteiger partial charge < -0.3 is 5.32 Å². The highest BCUT2D eigenvalue weighted by Gasteiger charge is 2.32. The van der Waals surface area contributed by atoms with E-state index in [1.807, 2.05) is 20.8 Å². The molecule has 0 spiro atoms. The van der Waals surface area contributed by atoms with Gasteiger partial charge in [0.15, 0.2) is 0 Å². The first-order valence-corrected chi connectivity index (χ1v) is 6.52. The van der Waals surface area contributed by atoms with Crippen molar-refractivity contribution in [2.24, 2.45) is 0 Å². The molecule has 110 valence electrons. The number of hydrogen-bond acceptors (Lipinski definition) is 3. The van der Waals surface area contributed by atoms with Crippen LogP contribution in [0.3, 0.4) is 0 Å². The topological polar surface area (TPSA) is 42.7 Å². The van der Waals surface area contributed by atoms with Crippen LogP contribution in [0.25, 0.3) is 0 Å². The lowest BCUT2D eigenvalue weighted by molar-refractivity contribution is -0.140. The predicted molar refractivity (Wildman–Crippen MR) is 66.9 cm³/mol. The molecule has 0 aliphatic heterocycles. The second kappa shape index (κ2) is 6.88. The van der Waals surface area contributed by atoms with E-state index in [-0.39, 0.29) is 12.5 Å². The van der Waals surface area contributed by atoms with Gasteiger partial charge in [0.05, 0.1) is 6.42 Å². The fourth-order valence-electron chi connectivity index (χ4n) is 1.92. The highest BCUT2D eigenvalue weighted by molar-refractivity contribution is 4.92. The van der Waals surface area contributed by atoms with Crippen LogP contribution in [0.1, 0.15) is 45.5 Å². The van der Waals surface area contributed by atoms with Gasteiger partial charge in [-0.3, -0.25) is 0 Å². The lowest BCUT2D eigenvalue weighted by Gasteiger charge is -2.20. The molecule has 1 heterocycles. The summed E-state index contributed by atoms with van der Waals surface area (Å²) in [5, 5.41) is 6.97. The number of hydrogen-bond donors (Lipinski definition) is 1. The maximum Gasteiger partial charge on any atom is 0.390 e. The normalized spacial score (nSPS) is 14.1. The van der Waals surface area contributed by atoms with E-state index < -0.39 is 18.6 Å². The fraction of sp³-hybridized carbons (Fsp3) is 0.833. The minimum absolute atomic E-state index is 0.0928. The van der Waals surface area contributed by atoms with Gasteiger partial charge in [0, 0.05) is 18.5 Å². The van der Waals surface area contributed by atoms with Gasteiger partial charge in [-0.2, -0.15) is 18.3 Å². The molecule has 4 nitrogen and oxygen atoms in total. The van der Waals surface area contributed by atoms with Crippen LogP contribution >= 0.6 is 0 Å². The summed E-state index contributed by atoms with van der Waals surface area (Å²) in [6.07, 6.45) is -2.60. The monoisotopic (exact) mass is 278 g/mol. The van der Waals surface area contributed by atoms with Crippen molar-refractivity contribution < 1.29 is 13.2 Å². The molecule has 1 atom stereocenters. The number of nitrogens with zero attached hydrogens (tertiary/aromatic N) is 3. The average Bonchev–Trinajstić information content (AvgIpc) is 2.72. The summed E-state index contributed by atoms with van der Waals surface area (Å²) in [5.41, 5.74) is 0. The third-order valence-electron chi connectivity index (χ3n) is 2.73. The van der Waals surface area contributed by atoms with Gasteiger partial charge in [0.25, 0.3) is 0 Å². The molecule has 0 aliphatic carbocycles. The molecular formula is C12H21F3N4. The van der Waals surface area contributed by atoms with Crippen LogP contribution in [0.5, 0.6) is 0 Å². The zero-order valence-corrected chi connectivity index (χ0v) is 11.5. The van der Waals surface area contributed by atoms with E-state index in [0.29, 0.717) is 12.4 Å². The maximum absolute atomic E-state index is 12.5. The summed E-state index contributed by atoms with van der Waals surface area (Å²) < 4.78 is 39.3. The zero-order chi connectivity index (χ0) is 14.5. The van der Waals surface area contributed by atoms with Gasteiger partial charge in [-0.15, -0.1) is 0 Å². The Morgan fingerprint density at radius 3 is 2.58 bits per heavy atom. The summed E-state index contributed by atoms with van der Waals surface area (Å²) in [5.74, 6) is 0.591. The molecule has 1 aromatic rings. The van der Waals surface area contributed by atoms with Crippen LogP contribution in [-0.4, -0.2) is 33.5 Å². The Hall–Kier alpha value is -1.11. The highest BCUT2D eigenvalue weighted by Crippen LogP contribution is 2.23. The van der Waals surface area contributed by atoms with E-state index in [2.05, 4.69) is 15.4 Å². The van der Waals surface area contributed by atoms with Crippen molar-refractivity contribution in [3.05, 3.63) is 12.2 Å². The minimum Gasteiger partial charge on any atom is -0.313 e. The second-order valence-corrected chi connectivity index (χ2v) is 4.89. The largest absolute Gasteiger partial charge is 0.390 e. The number of aromatic nitrogens is 3. The second-order valence-electron chi connectivity index (χ2n) is 4.89. The summed E-state index contributed by atoms with van der Waals surface area (Å²) in [7, 11) is 0. The Labute approximate surface area is 111 Å². The lowest BCUT2D eigenvalue weighted by atomic mass is 10.1. The molecule has 1 unspecified atom stereocenters. The molecule has 0 bridgehead atoms. The van der Waals surface area contributed by atoms with Crippen molar-refractivity contribution in [2.45, 2.75) is 58.3 Å². The maximum atomic E-state index is 12.5. The first kappa shape index (κ1) is 15.9. The van der Waals surface area contributed by atoms with E-state index in [0.717, 1.165) is 6.42 Å². The van der Waals surface area contributed by atoms with Gasteiger partial charge in [-0.1, -0.05) is 6.92 Å². The van der Waals surface area contributed by atoms with Crippen molar-refractivity contribution in [1.82, 2.24) is 20.1 Å². The molecular weight excluding hydrogens is 257 g/mol. The smallest absolute Gasteiger partial charge is 0.313 e. The van der Waals surface area contributed by atoms with Crippen molar-refractivity contribution in [3.8, 4) is 0 Å². The minimum atomic E-state index is -4.17. The summed E-state index contributed by atoms with van der Waals surface area (Å²) in [4.78, 5) is 4.06. The number of rotatable bonds is 7. The first-order chi connectivity index (χ1) is 8.83. The van der Waals surface area contributed by atoms with Gasteiger partial charge in [-0.05, 0) is 26.8 Å². The molecule has 1 N–H and O–H groups in total. The molecule has 0 saturated carbocycles. The first-order valence-electron chi connectivity index (χ1n) is 6.52. The third-order valence-corrected chi connectivity index (χ3v) is 2.73. The fourth-order valence-corrected chi connectivity index (χ4v) is 1.92. The molecule has 0 radical (unpaired) electrons. The van der Waals surface area contributed by atoms with Crippen LogP contribution < -0.4 is 5.32 Å². The number of alkyl halides is 3. The van der Waals surface area contributed by atoms with E-state index >= 15 is 0 Å². The molecule has 1 aromatic heterocycles. The Balaban J connectivity index is 2.72. The van der Waals surface area contributed by atoms with Crippen LogP contribution in [0.2, 0.25) is 0 Å². The van der Waals surface area contributed by atoms with Crippen molar-refractivity contribution in [1.29, 1.82) is 0 Å². The molecule has 0 saturated heterocycles. The number of halogens is 3. The molecule has 0 aliphatic rings. The predicted octanol–water partition coefficient (Wildman–Crippen LogP) is 2.72. The molecule has 0 aromatic carbocycles. The average molecular weight is 278 g/mol. The summed E-state index contributed by atoms with van der Waals surface area (Å²) >= 11 is 0. The van der Waals surface area contributed by atoms with Gasteiger partial charge in [0.2, 0.25) is 0 Å². The van der Waals surface area contributed by atoms with Crippen molar-refractivity contribution >= 4 is 0 Å². The Bertz CT molecular complexity index is 373. The van der Waals surface area contributed by atoms with E-state index in [1.165, 1.54) is 6.33 Å². The van der Waals surface area contributed by atoms with Crippen molar-refractivity contribution in [2.75, 3.05) is 6.54 Å². The van der Waals surface area contributed by atoms with Crippen LogP contribution in [0.4, 0.5) is 13.2 Å². The summed E-state index contributed by atoms with van der Waals surface area (Å²) in [6.45, 7) is 6.34. The Morgan fingerprint density at radius 1 is 1.37 bits per heavy atom. The molecule has 0 amide bonds. The quantitative estimate of drug-likeness (QED) is 0.834. The van der Waals surface area contributed by atoms with Gasteiger partial charge in [-0.25, -0.2) is 9.67 Å². The van der Waals surface area contributed by atoms with E-state index in [9.17, 15) is 13.2 Å². The Kier molecular flexibility index (Phi) is 5.78. The van der Waals surface area contributed by atoms with E-state index in [1.54, 1.807) is 4.68 Å². The van der Waals surface area contributed by atoms with Gasteiger partial charge >= 0.3 is 6.18 Å². The molecule has 19 heavy (non-hydrogen) atoms. The van der Waals surface area contributed by atoms with Crippen molar-refractivity contribution in [3.63, 3.8) is 0 Å². The molecule has 0 fully saturated rings. The zero-order valence-electron chi connectivity index (χ0n) is 11.5. The molecule has 7 heteroatoms. The van der Waals surface area contributed by atoms with Crippen LogP contribution in [0.15, 0.2) is 6.33 Å². The van der Waals surface area contributed by atoms with E-state index in [4.69, 9.17) is 0 Å². The lowest BCUT2D eigenvalue weighted by Crippen LogP contribution is -2.37.